The second kappa shape index (κ2) is 3.58. The number of hydrogen-bond donors (Lipinski definition) is 0. The molecule has 4 heteroatoms. The lowest BCUT2D eigenvalue weighted by Crippen LogP contribution is -2.19. The van der Waals surface area contributed by atoms with Crippen molar-refractivity contribution in [2.45, 2.75) is 20.8 Å². The Morgan fingerprint density at radius 2 is 1.94 bits per heavy atom. The Hall–Kier alpha value is -1.84. The number of rotatable bonds is 1. The second-order valence-corrected chi connectivity index (χ2v) is 5.19. The number of aromatic nitrogens is 1. The lowest BCUT2D eigenvalue weighted by molar-refractivity contribution is 0.0858. The van der Waals surface area contributed by atoms with E-state index in [1.54, 1.807) is 25.2 Å². The molecule has 0 spiro atoms. The molecule has 0 atom stereocenters. The van der Waals surface area contributed by atoms with Gasteiger partial charge in [-0.3, -0.25) is 9.36 Å². The molecule has 1 aromatic heterocycles. The monoisotopic (exact) mass is 233 g/mol. The van der Waals surface area contributed by atoms with Gasteiger partial charge in [-0.25, -0.2) is 4.79 Å². The molecule has 0 aliphatic carbocycles. The lowest BCUT2D eigenvalue weighted by Gasteiger charge is -2.16. The van der Waals surface area contributed by atoms with Crippen LogP contribution in [0.3, 0.4) is 0 Å². The molecule has 2 aromatic rings. The molecule has 2 rings (SSSR count). The number of fused-ring (bicyclic) bond motifs is 1. The molecular weight excluding hydrogens is 218 g/mol. The summed E-state index contributed by atoms with van der Waals surface area (Å²) in [5, 5.41) is 0. The first-order chi connectivity index (χ1) is 7.80. The van der Waals surface area contributed by atoms with Crippen molar-refractivity contribution in [1.82, 2.24) is 4.57 Å². The van der Waals surface area contributed by atoms with Gasteiger partial charge in [-0.1, -0.05) is 20.8 Å². The molecule has 1 aromatic carbocycles. The van der Waals surface area contributed by atoms with E-state index < -0.39 is 11.2 Å². The maximum absolute atomic E-state index is 12.1. The van der Waals surface area contributed by atoms with Gasteiger partial charge in [0.2, 0.25) is 0 Å². The minimum absolute atomic E-state index is 0.0332. The number of benzene rings is 1. The van der Waals surface area contributed by atoms with Crippen LogP contribution in [0.15, 0.2) is 27.4 Å². The predicted octanol–water partition coefficient (Wildman–Crippen LogP) is 2.36. The minimum Gasteiger partial charge on any atom is -0.408 e. The third-order valence-corrected chi connectivity index (χ3v) is 2.74. The molecule has 4 nitrogen and oxygen atoms in total. The number of hydrogen-bond acceptors (Lipinski definition) is 3. The zero-order valence-corrected chi connectivity index (χ0v) is 10.4. The van der Waals surface area contributed by atoms with Crippen LogP contribution in [0.25, 0.3) is 11.1 Å². The quantitative estimate of drug-likeness (QED) is 0.710. The van der Waals surface area contributed by atoms with Crippen molar-refractivity contribution in [3.05, 3.63) is 34.3 Å². The largest absolute Gasteiger partial charge is 0.419 e. The number of nitrogens with zero attached hydrogens (tertiary/aromatic N) is 1. The molecule has 0 saturated heterocycles. The number of aryl methyl sites for hydroxylation is 1. The summed E-state index contributed by atoms with van der Waals surface area (Å²) in [5.41, 5.74) is 1.27. The highest BCUT2D eigenvalue weighted by Gasteiger charge is 2.23. The smallest absolute Gasteiger partial charge is 0.408 e. The summed E-state index contributed by atoms with van der Waals surface area (Å²) >= 11 is 0. The first-order valence-corrected chi connectivity index (χ1v) is 5.45. The zero-order chi connectivity index (χ0) is 12.8. The number of carbonyl (C=O) groups is 1. The highest BCUT2D eigenvalue weighted by molar-refractivity contribution is 6.01. The molecule has 90 valence electrons. The van der Waals surface area contributed by atoms with E-state index in [2.05, 4.69) is 0 Å². The summed E-state index contributed by atoms with van der Waals surface area (Å²) in [6.45, 7) is 5.59. The Morgan fingerprint density at radius 1 is 1.29 bits per heavy atom. The summed E-state index contributed by atoms with van der Waals surface area (Å²) in [5.74, 6) is -0.383. The van der Waals surface area contributed by atoms with E-state index in [9.17, 15) is 9.59 Å². The van der Waals surface area contributed by atoms with Crippen molar-refractivity contribution in [3.63, 3.8) is 0 Å². The summed E-state index contributed by atoms with van der Waals surface area (Å²) in [6, 6.07) is 5.09. The highest BCUT2D eigenvalue weighted by atomic mass is 16.4. The van der Waals surface area contributed by atoms with Gasteiger partial charge in [0.15, 0.2) is 11.4 Å². The van der Waals surface area contributed by atoms with Crippen LogP contribution in [0.4, 0.5) is 0 Å². The van der Waals surface area contributed by atoms with Gasteiger partial charge in [-0.05, 0) is 18.2 Å². The normalized spacial score (nSPS) is 12.0. The Labute approximate surface area is 98.8 Å². The van der Waals surface area contributed by atoms with Gasteiger partial charge < -0.3 is 4.42 Å². The average Bonchev–Trinajstić information content (AvgIpc) is 2.52. The number of Topliss-reactive ketones (excluding diaryl/α,β-unsaturated/α-hetero) is 1. The summed E-state index contributed by atoms with van der Waals surface area (Å²) < 4.78 is 6.47. The maximum Gasteiger partial charge on any atom is 0.419 e. The molecule has 0 aliphatic rings. The molecule has 0 unspecified atom stereocenters. The summed E-state index contributed by atoms with van der Waals surface area (Å²) in [6.07, 6.45) is 0. The Bertz CT molecular complexity index is 641. The van der Waals surface area contributed by atoms with E-state index in [1.165, 1.54) is 4.57 Å². The number of carbonyl (C=O) groups excluding carboxylic acids is 1. The van der Waals surface area contributed by atoms with E-state index in [0.717, 1.165) is 0 Å². The van der Waals surface area contributed by atoms with E-state index in [4.69, 9.17) is 4.42 Å². The lowest BCUT2D eigenvalue weighted by atomic mass is 9.86. The maximum atomic E-state index is 12.1. The Kier molecular flexibility index (Phi) is 2.45. The van der Waals surface area contributed by atoms with E-state index in [-0.39, 0.29) is 5.78 Å². The van der Waals surface area contributed by atoms with Crippen molar-refractivity contribution >= 4 is 16.9 Å². The van der Waals surface area contributed by atoms with Crippen molar-refractivity contribution < 1.29 is 9.21 Å². The molecule has 17 heavy (non-hydrogen) atoms. The van der Waals surface area contributed by atoms with Crippen LogP contribution in [0.1, 0.15) is 31.1 Å². The molecule has 0 radical (unpaired) electrons. The van der Waals surface area contributed by atoms with Gasteiger partial charge in [0.1, 0.15) is 0 Å². The first kappa shape index (κ1) is 11.6. The van der Waals surface area contributed by atoms with E-state index in [0.29, 0.717) is 16.7 Å². The fourth-order valence-corrected chi connectivity index (χ4v) is 1.71. The first-order valence-electron chi connectivity index (χ1n) is 5.45. The second-order valence-electron chi connectivity index (χ2n) is 5.19. The molecule has 1 heterocycles. The van der Waals surface area contributed by atoms with Crippen molar-refractivity contribution in [2.75, 3.05) is 0 Å². The van der Waals surface area contributed by atoms with Crippen LogP contribution in [0.2, 0.25) is 0 Å². The number of oxazole rings is 1. The molecule has 0 aliphatic heterocycles. The van der Waals surface area contributed by atoms with Gasteiger partial charge in [-0.2, -0.15) is 0 Å². The predicted molar refractivity (Wildman–Crippen MR) is 65.2 cm³/mol. The third kappa shape index (κ3) is 1.90. The zero-order valence-electron chi connectivity index (χ0n) is 10.4. The molecule has 0 bridgehead atoms. The van der Waals surface area contributed by atoms with Crippen LogP contribution < -0.4 is 5.76 Å². The van der Waals surface area contributed by atoms with E-state index in [1.807, 2.05) is 20.8 Å². The van der Waals surface area contributed by atoms with Crippen LogP contribution in [-0.4, -0.2) is 10.4 Å². The summed E-state index contributed by atoms with van der Waals surface area (Å²) in [7, 11) is 1.64. The third-order valence-electron chi connectivity index (χ3n) is 2.74. The fraction of sp³-hybridized carbons (Fsp3) is 0.385. The topological polar surface area (TPSA) is 52.2 Å². The fourth-order valence-electron chi connectivity index (χ4n) is 1.71. The van der Waals surface area contributed by atoms with E-state index >= 15 is 0 Å². The van der Waals surface area contributed by atoms with Gasteiger partial charge in [0, 0.05) is 18.0 Å². The van der Waals surface area contributed by atoms with Gasteiger partial charge >= 0.3 is 5.76 Å². The highest BCUT2D eigenvalue weighted by Crippen LogP contribution is 2.23. The minimum atomic E-state index is -0.442. The standard InChI is InChI=1S/C13H15NO3/c1-13(2,3)11(15)8-5-6-9-10(7-8)17-12(16)14(9)4/h5-7H,1-4H3. The molecule has 0 amide bonds. The molecule has 0 saturated carbocycles. The Balaban J connectivity index is 2.60. The van der Waals surface area contributed by atoms with Crippen LogP contribution in [-0.2, 0) is 7.05 Å². The van der Waals surface area contributed by atoms with Crippen LogP contribution in [0, 0.1) is 5.41 Å². The van der Waals surface area contributed by atoms with Gasteiger partial charge in [0.05, 0.1) is 5.52 Å². The van der Waals surface area contributed by atoms with Crippen molar-refractivity contribution in [1.29, 1.82) is 0 Å². The van der Waals surface area contributed by atoms with Crippen LogP contribution >= 0.6 is 0 Å². The number of ketones is 1. The van der Waals surface area contributed by atoms with Crippen LogP contribution in [0.5, 0.6) is 0 Å². The summed E-state index contributed by atoms with van der Waals surface area (Å²) in [4.78, 5) is 23.4. The Morgan fingerprint density at radius 3 is 2.53 bits per heavy atom. The average molecular weight is 233 g/mol. The van der Waals surface area contributed by atoms with Gasteiger partial charge in [0.25, 0.3) is 0 Å². The molecular formula is C13H15NO3. The molecule has 0 N–H and O–H groups in total. The van der Waals surface area contributed by atoms with Gasteiger partial charge in [-0.15, -0.1) is 0 Å². The van der Waals surface area contributed by atoms with Crippen molar-refractivity contribution in [2.24, 2.45) is 12.5 Å². The molecule has 0 fully saturated rings. The van der Waals surface area contributed by atoms with Crippen molar-refractivity contribution in [3.8, 4) is 0 Å². The SMILES string of the molecule is Cn1c(=O)oc2cc(C(=O)C(C)(C)C)ccc21.